The zero-order valence-corrected chi connectivity index (χ0v) is 19.0. The standard InChI is InChI=1S/C16H24Br2N2O2.HI/c1-12-10-19(11-13(2)21)6-7-20(12)8-9-22-16-14(17)4-3-5-15(16)18;/h3-5,12-13,21H,6-11H2,1-2H3;1H. The second-order valence-corrected chi connectivity index (χ2v) is 7.60. The molecule has 1 N–H and O–H groups in total. The average molecular weight is 564 g/mol. The minimum absolute atomic E-state index is 0. The molecule has 1 fully saturated rings. The Kier molecular flexibility index (Phi) is 9.92. The van der Waals surface area contributed by atoms with Gasteiger partial charge in [0.2, 0.25) is 0 Å². The van der Waals surface area contributed by atoms with Gasteiger partial charge in [-0.2, -0.15) is 0 Å². The number of piperazine rings is 1. The van der Waals surface area contributed by atoms with E-state index < -0.39 is 0 Å². The number of β-amino-alcohol motifs (C(OH)–C–C–N with tert-alkyl or cyclic N) is 1. The van der Waals surface area contributed by atoms with Gasteiger partial charge in [0.25, 0.3) is 0 Å². The molecule has 0 aliphatic carbocycles. The first-order valence-corrected chi connectivity index (χ1v) is 9.27. The first-order valence-electron chi connectivity index (χ1n) is 7.68. The number of aliphatic hydroxyl groups excluding tert-OH is 1. The van der Waals surface area contributed by atoms with Crippen molar-refractivity contribution in [1.82, 2.24) is 9.80 Å². The van der Waals surface area contributed by atoms with Crippen molar-refractivity contribution in [3.63, 3.8) is 0 Å². The Morgan fingerprint density at radius 1 is 1.30 bits per heavy atom. The third-order valence-electron chi connectivity index (χ3n) is 3.92. The topological polar surface area (TPSA) is 35.9 Å². The predicted octanol–water partition coefficient (Wildman–Crippen LogP) is 3.60. The lowest BCUT2D eigenvalue weighted by Crippen LogP contribution is -2.53. The molecule has 2 atom stereocenters. The summed E-state index contributed by atoms with van der Waals surface area (Å²) in [4.78, 5) is 4.78. The van der Waals surface area contributed by atoms with E-state index in [-0.39, 0.29) is 30.1 Å². The smallest absolute Gasteiger partial charge is 0.147 e. The van der Waals surface area contributed by atoms with Crippen LogP contribution in [0.25, 0.3) is 0 Å². The van der Waals surface area contributed by atoms with Crippen LogP contribution >= 0.6 is 55.8 Å². The predicted molar refractivity (Wildman–Crippen MR) is 112 cm³/mol. The summed E-state index contributed by atoms with van der Waals surface area (Å²) in [7, 11) is 0. The summed E-state index contributed by atoms with van der Waals surface area (Å²) in [5.41, 5.74) is 0. The van der Waals surface area contributed by atoms with Crippen LogP contribution in [0.15, 0.2) is 27.1 Å². The second-order valence-electron chi connectivity index (χ2n) is 5.89. The van der Waals surface area contributed by atoms with Gasteiger partial charge in [0, 0.05) is 38.8 Å². The molecule has 1 aliphatic rings. The van der Waals surface area contributed by atoms with Gasteiger partial charge in [-0.15, -0.1) is 24.0 Å². The molecule has 0 radical (unpaired) electrons. The highest BCUT2D eigenvalue weighted by Crippen LogP contribution is 2.32. The van der Waals surface area contributed by atoms with Crippen molar-refractivity contribution in [2.45, 2.75) is 26.0 Å². The van der Waals surface area contributed by atoms with Crippen molar-refractivity contribution < 1.29 is 9.84 Å². The van der Waals surface area contributed by atoms with Gasteiger partial charge in [-0.25, -0.2) is 0 Å². The summed E-state index contributed by atoms with van der Waals surface area (Å²) in [6.07, 6.45) is -0.255. The average Bonchev–Trinajstić information content (AvgIpc) is 2.43. The molecule has 1 saturated heterocycles. The summed E-state index contributed by atoms with van der Waals surface area (Å²) < 4.78 is 7.86. The largest absolute Gasteiger partial charge is 0.490 e. The maximum absolute atomic E-state index is 9.49. The van der Waals surface area contributed by atoms with Crippen molar-refractivity contribution in [3.8, 4) is 5.75 Å². The molecule has 1 aromatic rings. The van der Waals surface area contributed by atoms with Gasteiger partial charge < -0.3 is 9.84 Å². The number of hydrogen-bond donors (Lipinski definition) is 1. The highest BCUT2D eigenvalue weighted by atomic mass is 127. The van der Waals surface area contributed by atoms with E-state index in [1.54, 1.807) is 0 Å². The Balaban J connectivity index is 0.00000264. The van der Waals surface area contributed by atoms with Crippen LogP contribution in [0.1, 0.15) is 13.8 Å². The molecule has 1 aliphatic heterocycles. The first-order chi connectivity index (χ1) is 10.5. The third-order valence-corrected chi connectivity index (χ3v) is 5.16. The highest BCUT2D eigenvalue weighted by molar-refractivity contribution is 14.0. The van der Waals surface area contributed by atoms with E-state index in [0.29, 0.717) is 12.6 Å². The van der Waals surface area contributed by atoms with E-state index in [4.69, 9.17) is 4.74 Å². The van der Waals surface area contributed by atoms with Gasteiger partial charge in [-0.3, -0.25) is 9.80 Å². The van der Waals surface area contributed by atoms with Gasteiger partial charge in [0.05, 0.1) is 15.0 Å². The summed E-state index contributed by atoms with van der Waals surface area (Å²) in [5.74, 6) is 0.864. The zero-order valence-electron chi connectivity index (χ0n) is 13.5. The van der Waals surface area contributed by atoms with Crippen LogP contribution in [0.4, 0.5) is 0 Å². The molecule has 0 aromatic heterocycles. The van der Waals surface area contributed by atoms with Crippen molar-refractivity contribution in [2.24, 2.45) is 0 Å². The van der Waals surface area contributed by atoms with Gasteiger partial charge in [-0.1, -0.05) is 6.07 Å². The monoisotopic (exact) mass is 562 g/mol. The number of para-hydroxylation sites is 1. The summed E-state index contributed by atoms with van der Waals surface area (Å²) in [6.45, 7) is 9.47. The lowest BCUT2D eigenvalue weighted by atomic mass is 10.2. The fourth-order valence-electron chi connectivity index (χ4n) is 2.83. The maximum Gasteiger partial charge on any atom is 0.147 e. The van der Waals surface area contributed by atoms with Gasteiger partial charge in [0.1, 0.15) is 12.4 Å². The number of hydrogen-bond acceptors (Lipinski definition) is 4. The second kappa shape index (κ2) is 10.6. The van der Waals surface area contributed by atoms with Crippen LogP contribution in [0, 0.1) is 0 Å². The van der Waals surface area contributed by atoms with E-state index in [1.165, 1.54) is 0 Å². The van der Waals surface area contributed by atoms with Crippen LogP contribution in [-0.2, 0) is 0 Å². The molecule has 0 bridgehead atoms. The molecule has 0 saturated carbocycles. The fourth-order valence-corrected chi connectivity index (χ4v) is 4.06. The minimum Gasteiger partial charge on any atom is -0.490 e. The van der Waals surface area contributed by atoms with Crippen LogP contribution in [0.2, 0.25) is 0 Å². The molecule has 0 amide bonds. The van der Waals surface area contributed by atoms with E-state index >= 15 is 0 Å². The van der Waals surface area contributed by atoms with Crippen LogP contribution in [0.5, 0.6) is 5.75 Å². The number of aliphatic hydroxyl groups is 1. The Hall–Kier alpha value is 0.590. The summed E-state index contributed by atoms with van der Waals surface area (Å²) in [6, 6.07) is 6.43. The first kappa shape index (κ1) is 21.6. The van der Waals surface area contributed by atoms with Gasteiger partial charge in [0.15, 0.2) is 0 Å². The Labute approximate surface area is 172 Å². The molecule has 2 unspecified atom stereocenters. The minimum atomic E-state index is -0.255. The highest BCUT2D eigenvalue weighted by Gasteiger charge is 2.24. The molecule has 23 heavy (non-hydrogen) atoms. The summed E-state index contributed by atoms with van der Waals surface area (Å²) in [5, 5.41) is 9.49. The van der Waals surface area contributed by atoms with Crippen molar-refractivity contribution in [3.05, 3.63) is 27.1 Å². The van der Waals surface area contributed by atoms with Crippen molar-refractivity contribution in [1.29, 1.82) is 0 Å². The van der Waals surface area contributed by atoms with E-state index in [0.717, 1.165) is 47.4 Å². The Morgan fingerprint density at radius 3 is 2.52 bits per heavy atom. The van der Waals surface area contributed by atoms with Gasteiger partial charge in [-0.05, 0) is 57.8 Å². The fraction of sp³-hybridized carbons (Fsp3) is 0.625. The molecule has 4 nitrogen and oxygen atoms in total. The number of ether oxygens (including phenoxy) is 1. The van der Waals surface area contributed by atoms with Crippen LogP contribution in [0.3, 0.4) is 0 Å². The zero-order chi connectivity index (χ0) is 16.1. The molecule has 132 valence electrons. The number of halogens is 3. The molecule has 2 rings (SSSR count). The lowest BCUT2D eigenvalue weighted by molar-refractivity contribution is 0.0445. The number of rotatable bonds is 6. The normalized spacial score (nSPS) is 20.8. The maximum atomic E-state index is 9.49. The van der Waals surface area contributed by atoms with Crippen molar-refractivity contribution in [2.75, 3.05) is 39.3 Å². The van der Waals surface area contributed by atoms with Crippen LogP contribution < -0.4 is 4.74 Å². The van der Waals surface area contributed by atoms with Gasteiger partial charge >= 0.3 is 0 Å². The van der Waals surface area contributed by atoms with E-state index in [2.05, 4.69) is 48.6 Å². The quantitative estimate of drug-likeness (QED) is 0.537. The third kappa shape index (κ3) is 6.78. The molecule has 1 heterocycles. The SMILES string of the molecule is CC(O)CN1CCN(CCOc2c(Br)cccc2Br)C(C)C1.I. The molecule has 7 heteroatoms. The molecular weight excluding hydrogens is 539 g/mol. The molecular formula is C16H25Br2IN2O2. The van der Waals surface area contributed by atoms with Crippen molar-refractivity contribution >= 4 is 55.8 Å². The molecule has 0 spiro atoms. The number of nitrogens with zero attached hydrogens (tertiary/aromatic N) is 2. The van der Waals surface area contributed by atoms with E-state index in [1.807, 2.05) is 25.1 Å². The number of benzene rings is 1. The summed E-state index contributed by atoms with van der Waals surface area (Å²) >= 11 is 7.03. The Morgan fingerprint density at radius 2 is 1.96 bits per heavy atom. The Bertz CT molecular complexity index is 471. The van der Waals surface area contributed by atoms with Crippen LogP contribution in [-0.4, -0.2) is 66.4 Å². The lowest BCUT2D eigenvalue weighted by Gasteiger charge is -2.40. The van der Waals surface area contributed by atoms with E-state index in [9.17, 15) is 5.11 Å². The molecule has 1 aromatic carbocycles.